The summed E-state index contributed by atoms with van der Waals surface area (Å²) in [4.78, 5) is 0. The summed E-state index contributed by atoms with van der Waals surface area (Å²) in [6.07, 6.45) is 5.69. The molecule has 0 saturated carbocycles. The largest absolute Gasteiger partial charge is 0.313 e. The molecule has 0 fully saturated rings. The Morgan fingerprint density at radius 3 is 2.42 bits per heavy atom. The van der Waals surface area contributed by atoms with Gasteiger partial charge in [-0.1, -0.05) is 89.6 Å². The van der Waals surface area contributed by atoms with Crippen molar-refractivity contribution < 1.29 is 0 Å². The van der Waals surface area contributed by atoms with E-state index >= 15 is 0 Å². The van der Waals surface area contributed by atoms with Gasteiger partial charge in [0, 0.05) is 32.7 Å². The zero-order chi connectivity index (χ0) is 20.9. The van der Waals surface area contributed by atoms with Gasteiger partial charge in [-0.15, -0.1) is 0 Å². The Morgan fingerprint density at radius 2 is 1.58 bits per heavy atom. The predicted octanol–water partition coefficient (Wildman–Crippen LogP) is 8.73. The molecule has 1 atom stereocenters. The van der Waals surface area contributed by atoms with Gasteiger partial charge in [0.1, 0.15) is 0 Å². The highest BCUT2D eigenvalue weighted by atomic mass is 79.9. The number of nitrogens with zero attached hydrogens (tertiary/aromatic N) is 1. The number of hydrogen-bond donors (Lipinski definition) is 0. The maximum atomic E-state index is 3.68. The third-order valence-electron chi connectivity index (χ3n) is 6.46. The van der Waals surface area contributed by atoms with E-state index < -0.39 is 0 Å². The van der Waals surface area contributed by atoms with Crippen LogP contribution in [0.3, 0.4) is 0 Å². The predicted molar refractivity (Wildman–Crippen MR) is 136 cm³/mol. The van der Waals surface area contributed by atoms with Crippen LogP contribution in [0.1, 0.15) is 30.5 Å². The van der Waals surface area contributed by atoms with Crippen LogP contribution in [0, 0.1) is 0 Å². The molecule has 0 saturated heterocycles. The maximum Gasteiger partial charge on any atom is 0.0549 e. The Hall–Kier alpha value is -3.10. The molecule has 0 bridgehead atoms. The summed E-state index contributed by atoms with van der Waals surface area (Å²) in [6.45, 7) is 2.33. The van der Waals surface area contributed by atoms with Crippen molar-refractivity contribution in [2.24, 2.45) is 0 Å². The van der Waals surface area contributed by atoms with Crippen LogP contribution in [0.4, 0.5) is 0 Å². The molecule has 4 aromatic carbocycles. The summed E-state index contributed by atoms with van der Waals surface area (Å²) in [5.74, 6) is 0.492. The molecule has 0 unspecified atom stereocenters. The standard InChI is InChI=1S/C29H22BrN/c1-19-5-4-8-27-26-16-13-24(30)18-28(26)31(29(19)27)25-14-11-21(12-15-25)23-10-9-20-6-2-3-7-22(20)17-23/h2-4,6-19H,5H2,1H3/t19-/m0/s1. The average molecular weight is 464 g/mol. The van der Waals surface area contributed by atoms with Crippen molar-refractivity contribution >= 4 is 43.7 Å². The van der Waals surface area contributed by atoms with Crippen LogP contribution in [0.5, 0.6) is 0 Å². The van der Waals surface area contributed by atoms with Crippen molar-refractivity contribution in [2.75, 3.05) is 0 Å². The molecule has 6 rings (SSSR count). The van der Waals surface area contributed by atoms with E-state index in [4.69, 9.17) is 0 Å². The van der Waals surface area contributed by atoms with Crippen LogP contribution in [0.15, 0.2) is 95.5 Å². The van der Waals surface area contributed by atoms with E-state index in [1.165, 1.54) is 49.7 Å². The molecule has 5 aromatic rings. The number of fused-ring (bicyclic) bond motifs is 4. The summed E-state index contributed by atoms with van der Waals surface area (Å²) in [7, 11) is 0. The third-order valence-corrected chi connectivity index (χ3v) is 6.95. The summed E-state index contributed by atoms with van der Waals surface area (Å²) < 4.78 is 3.56. The van der Waals surface area contributed by atoms with Gasteiger partial charge in [-0.05, 0) is 58.7 Å². The molecule has 150 valence electrons. The monoisotopic (exact) mass is 463 g/mol. The van der Waals surface area contributed by atoms with Crippen LogP contribution in [0.25, 0.3) is 44.6 Å². The number of hydrogen-bond acceptors (Lipinski definition) is 0. The SMILES string of the molecule is C[C@H]1CC=Cc2c1n(-c1ccc(-c3ccc4ccccc4c3)cc1)c1cc(Br)ccc21. The number of benzene rings is 4. The Balaban J connectivity index is 1.50. The number of allylic oxidation sites excluding steroid dienone is 1. The van der Waals surface area contributed by atoms with Crippen molar-refractivity contribution in [1.82, 2.24) is 4.57 Å². The van der Waals surface area contributed by atoms with Gasteiger partial charge in [0.05, 0.1) is 5.52 Å². The zero-order valence-corrected chi connectivity index (χ0v) is 18.9. The number of aromatic nitrogens is 1. The molecule has 0 radical (unpaired) electrons. The van der Waals surface area contributed by atoms with Gasteiger partial charge in [-0.25, -0.2) is 0 Å². The second-order valence-electron chi connectivity index (χ2n) is 8.44. The van der Waals surface area contributed by atoms with Crippen LogP contribution < -0.4 is 0 Å². The summed E-state index contributed by atoms with van der Waals surface area (Å²) in [5.41, 5.74) is 7.75. The van der Waals surface area contributed by atoms with E-state index in [1.807, 2.05) is 0 Å². The van der Waals surface area contributed by atoms with Crippen molar-refractivity contribution in [1.29, 1.82) is 0 Å². The summed E-state index contributed by atoms with van der Waals surface area (Å²) in [6, 6.07) is 30.9. The normalized spacial score (nSPS) is 15.5. The van der Waals surface area contributed by atoms with Crippen molar-refractivity contribution in [3.8, 4) is 16.8 Å². The quantitative estimate of drug-likeness (QED) is 0.246. The average Bonchev–Trinajstić information content (AvgIpc) is 3.13. The lowest BCUT2D eigenvalue weighted by Gasteiger charge is -2.19. The van der Waals surface area contributed by atoms with Gasteiger partial charge in [0.15, 0.2) is 0 Å². The molecule has 31 heavy (non-hydrogen) atoms. The van der Waals surface area contributed by atoms with E-state index in [1.54, 1.807) is 0 Å². The summed E-state index contributed by atoms with van der Waals surface area (Å²) in [5, 5.41) is 3.88. The molecule has 1 aromatic heterocycles. The first-order chi connectivity index (χ1) is 15.2. The molecule has 0 N–H and O–H groups in total. The molecular formula is C29H22BrN. The molecule has 1 aliphatic carbocycles. The molecule has 0 spiro atoms. The highest BCUT2D eigenvalue weighted by Gasteiger charge is 2.23. The molecular weight excluding hydrogens is 442 g/mol. The van der Waals surface area contributed by atoms with E-state index in [0.29, 0.717) is 5.92 Å². The van der Waals surface area contributed by atoms with Gasteiger partial charge in [0.2, 0.25) is 0 Å². The lowest BCUT2D eigenvalue weighted by Crippen LogP contribution is -2.06. The minimum atomic E-state index is 0.492. The number of rotatable bonds is 2. The fourth-order valence-corrected chi connectivity index (χ4v) is 5.27. The second kappa shape index (κ2) is 7.25. The van der Waals surface area contributed by atoms with Crippen LogP contribution in [-0.2, 0) is 0 Å². The zero-order valence-electron chi connectivity index (χ0n) is 17.3. The third kappa shape index (κ3) is 3.05. The topological polar surface area (TPSA) is 4.93 Å². The Kier molecular flexibility index (Phi) is 4.36. The van der Waals surface area contributed by atoms with E-state index in [-0.39, 0.29) is 0 Å². The van der Waals surface area contributed by atoms with Gasteiger partial charge in [0.25, 0.3) is 0 Å². The van der Waals surface area contributed by atoms with Gasteiger partial charge < -0.3 is 4.57 Å². The fourth-order valence-electron chi connectivity index (χ4n) is 4.92. The van der Waals surface area contributed by atoms with Crippen molar-refractivity contribution in [3.05, 3.63) is 107 Å². The van der Waals surface area contributed by atoms with Crippen molar-refractivity contribution in [3.63, 3.8) is 0 Å². The van der Waals surface area contributed by atoms with E-state index in [0.717, 1.165) is 10.9 Å². The van der Waals surface area contributed by atoms with Crippen molar-refractivity contribution in [2.45, 2.75) is 19.3 Å². The summed E-state index contributed by atoms with van der Waals surface area (Å²) >= 11 is 3.68. The lowest BCUT2D eigenvalue weighted by atomic mass is 9.93. The first kappa shape index (κ1) is 18.7. The molecule has 1 aliphatic rings. The van der Waals surface area contributed by atoms with Crippen LogP contribution in [-0.4, -0.2) is 4.57 Å². The maximum absolute atomic E-state index is 3.68. The first-order valence-corrected chi connectivity index (χ1v) is 11.6. The minimum Gasteiger partial charge on any atom is -0.313 e. The Labute approximate surface area is 190 Å². The van der Waals surface area contributed by atoms with Crippen LogP contribution in [0.2, 0.25) is 0 Å². The second-order valence-corrected chi connectivity index (χ2v) is 9.36. The van der Waals surface area contributed by atoms with E-state index in [2.05, 4.69) is 125 Å². The van der Waals surface area contributed by atoms with Gasteiger partial charge in [-0.2, -0.15) is 0 Å². The lowest BCUT2D eigenvalue weighted by molar-refractivity contribution is 0.723. The molecule has 1 heterocycles. The smallest absolute Gasteiger partial charge is 0.0549 e. The molecule has 0 aliphatic heterocycles. The van der Waals surface area contributed by atoms with E-state index in [9.17, 15) is 0 Å². The molecule has 0 amide bonds. The van der Waals surface area contributed by atoms with Gasteiger partial charge >= 0.3 is 0 Å². The number of halogens is 1. The first-order valence-electron chi connectivity index (χ1n) is 10.8. The fraction of sp³-hybridized carbons (Fsp3) is 0.103. The van der Waals surface area contributed by atoms with Gasteiger partial charge in [-0.3, -0.25) is 0 Å². The highest BCUT2D eigenvalue weighted by Crippen LogP contribution is 2.40. The molecule has 2 heteroatoms. The Morgan fingerprint density at radius 1 is 0.806 bits per heavy atom. The molecule has 1 nitrogen and oxygen atoms in total. The van der Waals surface area contributed by atoms with Crippen LogP contribution >= 0.6 is 15.9 Å². The minimum absolute atomic E-state index is 0.492. The Bertz CT molecular complexity index is 1470. The highest BCUT2D eigenvalue weighted by molar-refractivity contribution is 9.10.